The Morgan fingerprint density at radius 3 is 2.05 bits per heavy atom. The van der Waals surface area contributed by atoms with E-state index in [0.29, 0.717) is 20.1 Å². The van der Waals surface area contributed by atoms with E-state index in [1.54, 1.807) is 36.5 Å². The molecule has 0 fully saturated rings. The Morgan fingerprint density at radius 1 is 0.789 bits per heavy atom. The van der Waals surface area contributed by atoms with Gasteiger partial charge in [0.1, 0.15) is 0 Å². The number of hydrazone groups is 1. The van der Waals surface area contributed by atoms with Gasteiger partial charge < -0.3 is 0 Å². The zero-order valence-corrected chi connectivity index (χ0v) is 12.5. The zero-order chi connectivity index (χ0) is 13.8. The van der Waals surface area contributed by atoms with Crippen LogP contribution in [0.2, 0.25) is 20.1 Å². The summed E-state index contributed by atoms with van der Waals surface area (Å²) in [5.74, 6) is 0. The van der Waals surface area contributed by atoms with Gasteiger partial charge >= 0.3 is 0 Å². The smallest absolute Gasteiger partial charge is 0.0613 e. The van der Waals surface area contributed by atoms with E-state index >= 15 is 0 Å². The van der Waals surface area contributed by atoms with Crippen molar-refractivity contribution in [3.63, 3.8) is 0 Å². The highest BCUT2D eigenvalue weighted by Gasteiger charge is 1.99. The molecule has 19 heavy (non-hydrogen) atoms. The fraction of sp³-hybridized carbons (Fsp3) is 0. The van der Waals surface area contributed by atoms with E-state index in [0.717, 1.165) is 11.3 Å². The molecule has 0 spiro atoms. The van der Waals surface area contributed by atoms with Crippen molar-refractivity contribution >= 4 is 58.3 Å². The van der Waals surface area contributed by atoms with Crippen molar-refractivity contribution in [2.45, 2.75) is 0 Å². The number of nitrogens with zero attached hydrogens (tertiary/aromatic N) is 1. The molecular formula is C13H8Cl4N2. The second-order valence-electron chi connectivity index (χ2n) is 3.67. The van der Waals surface area contributed by atoms with Crippen LogP contribution in [-0.2, 0) is 0 Å². The van der Waals surface area contributed by atoms with Crippen molar-refractivity contribution in [3.05, 3.63) is 62.1 Å². The van der Waals surface area contributed by atoms with E-state index in [1.165, 1.54) is 0 Å². The number of halogens is 4. The zero-order valence-electron chi connectivity index (χ0n) is 9.50. The molecule has 0 radical (unpaired) electrons. The summed E-state index contributed by atoms with van der Waals surface area (Å²) in [6, 6.07) is 10.4. The molecule has 0 amide bonds. The molecule has 0 aliphatic carbocycles. The van der Waals surface area contributed by atoms with Crippen molar-refractivity contribution < 1.29 is 0 Å². The van der Waals surface area contributed by atoms with Crippen LogP contribution in [0, 0.1) is 0 Å². The standard InChI is InChI=1S/C13H8Cl4N2/c14-10-3-1-8(5-12(10)16)7-18-19-9-2-4-11(15)13(17)6-9/h1-7,19H/b18-7-. The molecule has 6 heteroatoms. The highest BCUT2D eigenvalue weighted by atomic mass is 35.5. The topological polar surface area (TPSA) is 24.4 Å². The molecule has 2 rings (SSSR count). The van der Waals surface area contributed by atoms with Gasteiger partial charge in [-0.25, -0.2) is 0 Å². The SMILES string of the molecule is Clc1ccc(/C=N\Nc2ccc(Cl)c(Cl)c2)cc1Cl. The quantitative estimate of drug-likeness (QED) is 0.561. The summed E-state index contributed by atoms with van der Waals surface area (Å²) < 4.78 is 0. The first-order valence-corrected chi connectivity index (χ1v) is 6.76. The maximum Gasteiger partial charge on any atom is 0.0613 e. The van der Waals surface area contributed by atoms with Gasteiger partial charge in [-0.1, -0.05) is 52.5 Å². The fourth-order valence-corrected chi connectivity index (χ4v) is 1.94. The maximum atomic E-state index is 5.90. The van der Waals surface area contributed by atoms with Gasteiger partial charge in [-0.2, -0.15) is 5.10 Å². The Hall–Kier alpha value is -0.930. The lowest BCUT2D eigenvalue weighted by atomic mass is 10.2. The molecule has 0 unspecified atom stereocenters. The molecule has 0 atom stereocenters. The average Bonchev–Trinajstić information content (AvgIpc) is 2.38. The molecule has 0 bridgehead atoms. The molecule has 98 valence electrons. The minimum absolute atomic E-state index is 0.469. The predicted molar refractivity (Wildman–Crippen MR) is 84.1 cm³/mol. The monoisotopic (exact) mass is 332 g/mol. The van der Waals surface area contributed by atoms with Crippen molar-refractivity contribution in [1.82, 2.24) is 0 Å². The van der Waals surface area contributed by atoms with Crippen LogP contribution in [0.25, 0.3) is 0 Å². The number of nitrogens with one attached hydrogen (secondary N) is 1. The van der Waals surface area contributed by atoms with E-state index in [-0.39, 0.29) is 0 Å². The molecule has 2 aromatic carbocycles. The Kier molecular flexibility index (Phi) is 4.94. The Bertz CT molecular complexity index is 626. The molecule has 0 heterocycles. The van der Waals surface area contributed by atoms with E-state index in [1.807, 2.05) is 6.07 Å². The Labute approximate surface area is 130 Å². The molecule has 0 saturated carbocycles. The largest absolute Gasteiger partial charge is 0.278 e. The van der Waals surface area contributed by atoms with Crippen molar-refractivity contribution in [3.8, 4) is 0 Å². The maximum absolute atomic E-state index is 5.90. The van der Waals surface area contributed by atoms with Crippen LogP contribution in [-0.4, -0.2) is 6.21 Å². The third kappa shape index (κ3) is 4.02. The van der Waals surface area contributed by atoms with Gasteiger partial charge in [0.2, 0.25) is 0 Å². The number of hydrogen-bond donors (Lipinski definition) is 1. The Balaban J connectivity index is 2.06. The van der Waals surface area contributed by atoms with Crippen LogP contribution >= 0.6 is 46.4 Å². The number of benzene rings is 2. The van der Waals surface area contributed by atoms with Crippen LogP contribution in [0.15, 0.2) is 41.5 Å². The van der Waals surface area contributed by atoms with E-state index in [4.69, 9.17) is 46.4 Å². The minimum Gasteiger partial charge on any atom is -0.278 e. The van der Waals surface area contributed by atoms with Gasteiger partial charge in [0, 0.05) is 0 Å². The molecule has 0 aromatic heterocycles. The second kappa shape index (κ2) is 6.49. The molecule has 1 N–H and O–H groups in total. The number of rotatable bonds is 3. The average molecular weight is 334 g/mol. The molecule has 0 aliphatic rings. The van der Waals surface area contributed by atoms with E-state index in [2.05, 4.69) is 10.5 Å². The summed E-state index contributed by atoms with van der Waals surface area (Å²) in [6.07, 6.45) is 1.63. The summed E-state index contributed by atoms with van der Waals surface area (Å²) >= 11 is 23.4. The van der Waals surface area contributed by atoms with Gasteiger partial charge in [-0.15, -0.1) is 0 Å². The highest BCUT2D eigenvalue weighted by molar-refractivity contribution is 6.42. The number of anilines is 1. The van der Waals surface area contributed by atoms with E-state index in [9.17, 15) is 0 Å². The van der Waals surface area contributed by atoms with Gasteiger partial charge in [0.05, 0.1) is 32.0 Å². The van der Waals surface area contributed by atoms with Gasteiger partial charge in [0.15, 0.2) is 0 Å². The summed E-state index contributed by atoms with van der Waals surface area (Å²) in [4.78, 5) is 0. The molecular weight excluding hydrogens is 326 g/mol. The van der Waals surface area contributed by atoms with Crippen molar-refractivity contribution in [2.24, 2.45) is 5.10 Å². The van der Waals surface area contributed by atoms with Crippen molar-refractivity contribution in [2.75, 3.05) is 5.43 Å². The predicted octanol–water partition coefficient (Wildman–Crippen LogP) is 5.75. The third-order valence-corrected chi connectivity index (χ3v) is 3.75. The molecule has 0 aliphatic heterocycles. The highest BCUT2D eigenvalue weighted by Crippen LogP contribution is 2.25. The fourth-order valence-electron chi connectivity index (χ4n) is 1.34. The van der Waals surface area contributed by atoms with Crippen molar-refractivity contribution in [1.29, 1.82) is 0 Å². The number of hydrogen-bond acceptors (Lipinski definition) is 2. The second-order valence-corrected chi connectivity index (χ2v) is 5.30. The summed E-state index contributed by atoms with van der Waals surface area (Å²) in [5, 5.41) is 6.04. The summed E-state index contributed by atoms with van der Waals surface area (Å²) in [6.45, 7) is 0. The van der Waals surface area contributed by atoms with Crippen LogP contribution in [0.1, 0.15) is 5.56 Å². The van der Waals surface area contributed by atoms with E-state index < -0.39 is 0 Å². The lowest BCUT2D eigenvalue weighted by molar-refractivity contribution is 1.35. The summed E-state index contributed by atoms with van der Waals surface area (Å²) in [7, 11) is 0. The van der Waals surface area contributed by atoms with Gasteiger partial charge in [0.25, 0.3) is 0 Å². The van der Waals surface area contributed by atoms with Gasteiger partial charge in [-0.3, -0.25) is 5.43 Å². The molecule has 2 nitrogen and oxygen atoms in total. The van der Waals surface area contributed by atoms with Crippen LogP contribution in [0.5, 0.6) is 0 Å². The lowest BCUT2D eigenvalue weighted by Gasteiger charge is -2.02. The first-order chi connectivity index (χ1) is 9.06. The van der Waals surface area contributed by atoms with Crippen LogP contribution in [0.4, 0.5) is 5.69 Å². The van der Waals surface area contributed by atoms with Crippen LogP contribution < -0.4 is 5.43 Å². The Morgan fingerprint density at radius 2 is 1.42 bits per heavy atom. The molecule has 2 aromatic rings. The minimum atomic E-state index is 0.469. The molecule has 0 saturated heterocycles. The first kappa shape index (κ1) is 14.5. The third-order valence-electron chi connectivity index (χ3n) is 2.27. The first-order valence-electron chi connectivity index (χ1n) is 5.25. The van der Waals surface area contributed by atoms with Crippen LogP contribution in [0.3, 0.4) is 0 Å². The normalized spacial score (nSPS) is 10.9. The van der Waals surface area contributed by atoms with Gasteiger partial charge in [-0.05, 0) is 35.9 Å². The lowest BCUT2D eigenvalue weighted by Crippen LogP contribution is -1.90. The summed E-state index contributed by atoms with van der Waals surface area (Å²) in [5.41, 5.74) is 4.42.